The number of aromatic nitrogens is 1. The van der Waals surface area contributed by atoms with Crippen molar-refractivity contribution >= 4 is 16.9 Å². The maximum atomic E-state index is 13.5. The predicted octanol–water partition coefficient (Wildman–Crippen LogP) is 2.88. The van der Waals surface area contributed by atoms with Gasteiger partial charge in [0.05, 0.1) is 5.52 Å². The van der Waals surface area contributed by atoms with Crippen molar-refractivity contribution in [2.24, 2.45) is 0 Å². The summed E-state index contributed by atoms with van der Waals surface area (Å²) in [4.78, 5) is 23.7. The van der Waals surface area contributed by atoms with Crippen LogP contribution in [0, 0.1) is 11.6 Å². The second kappa shape index (κ2) is 4.65. The molecule has 4 nitrogen and oxygen atoms in total. The molecule has 0 saturated heterocycles. The molecule has 2 aromatic rings. The van der Waals surface area contributed by atoms with Gasteiger partial charge in [0.2, 0.25) is 5.43 Å². The van der Waals surface area contributed by atoms with Crippen LogP contribution in [0.5, 0.6) is 0 Å². The van der Waals surface area contributed by atoms with Gasteiger partial charge in [0.15, 0.2) is 11.6 Å². The van der Waals surface area contributed by atoms with Crippen LogP contribution in [-0.2, 0) is 6.42 Å². The number of hydrogen-bond acceptors (Lipinski definition) is 2. The number of aromatic carboxylic acids is 1. The van der Waals surface area contributed by atoms with E-state index in [2.05, 4.69) is 0 Å². The largest absolute Gasteiger partial charge is 0.477 e. The molecule has 6 heteroatoms. The lowest BCUT2D eigenvalue weighted by atomic mass is 10.0. The average Bonchev–Trinajstić information content (AvgIpc) is 3.24. The van der Waals surface area contributed by atoms with E-state index in [9.17, 15) is 23.5 Å². The minimum absolute atomic E-state index is 0.0472. The summed E-state index contributed by atoms with van der Waals surface area (Å²) in [5.41, 5.74) is -0.468. The van der Waals surface area contributed by atoms with E-state index in [-0.39, 0.29) is 22.5 Å². The quantitative estimate of drug-likeness (QED) is 0.946. The van der Waals surface area contributed by atoms with Gasteiger partial charge in [-0.2, -0.15) is 0 Å². The Bertz CT molecular complexity index is 822. The zero-order chi connectivity index (χ0) is 15.3. The molecule has 21 heavy (non-hydrogen) atoms. The van der Waals surface area contributed by atoms with Crippen molar-refractivity contribution < 1.29 is 18.7 Å². The van der Waals surface area contributed by atoms with Crippen LogP contribution in [0.3, 0.4) is 0 Å². The van der Waals surface area contributed by atoms with Crippen molar-refractivity contribution in [3.8, 4) is 0 Å². The van der Waals surface area contributed by atoms with Gasteiger partial charge in [-0.15, -0.1) is 0 Å². The maximum Gasteiger partial charge on any atom is 0.341 e. The van der Waals surface area contributed by atoms with Crippen LogP contribution in [0.15, 0.2) is 16.9 Å². The number of halogens is 2. The van der Waals surface area contributed by atoms with Crippen molar-refractivity contribution in [3.05, 3.63) is 45.2 Å². The van der Waals surface area contributed by atoms with Crippen LogP contribution in [0.2, 0.25) is 0 Å². The van der Waals surface area contributed by atoms with Gasteiger partial charge in [-0.05, 0) is 25.3 Å². The zero-order valence-electron chi connectivity index (χ0n) is 11.3. The molecule has 1 N–H and O–H groups in total. The first-order valence-electron chi connectivity index (χ1n) is 6.75. The molecule has 0 aliphatic heterocycles. The van der Waals surface area contributed by atoms with Crippen LogP contribution in [0.25, 0.3) is 10.9 Å². The monoisotopic (exact) mass is 293 g/mol. The maximum absolute atomic E-state index is 13.5. The Labute approximate surface area is 118 Å². The van der Waals surface area contributed by atoms with E-state index in [1.54, 1.807) is 11.5 Å². The molecule has 1 aliphatic carbocycles. The predicted molar refractivity (Wildman–Crippen MR) is 72.7 cm³/mol. The lowest BCUT2D eigenvalue weighted by Crippen LogP contribution is -2.24. The van der Waals surface area contributed by atoms with E-state index in [1.165, 1.54) is 0 Å². The number of hydrogen-bond donors (Lipinski definition) is 1. The van der Waals surface area contributed by atoms with Crippen LogP contribution >= 0.6 is 0 Å². The van der Waals surface area contributed by atoms with Gasteiger partial charge < -0.3 is 9.67 Å². The van der Waals surface area contributed by atoms with Gasteiger partial charge >= 0.3 is 5.97 Å². The third-order valence-corrected chi connectivity index (χ3v) is 3.81. The summed E-state index contributed by atoms with van der Waals surface area (Å²) in [5.74, 6) is -3.53. The molecule has 0 amide bonds. The minimum Gasteiger partial charge on any atom is -0.477 e. The van der Waals surface area contributed by atoms with Crippen molar-refractivity contribution in [1.82, 2.24) is 4.57 Å². The van der Waals surface area contributed by atoms with E-state index < -0.39 is 23.0 Å². The van der Waals surface area contributed by atoms with E-state index in [1.807, 2.05) is 0 Å². The number of nitrogens with zero attached hydrogens (tertiary/aromatic N) is 1. The number of rotatable bonds is 3. The number of carboxylic acid groups (broad SMARTS) is 1. The average molecular weight is 293 g/mol. The summed E-state index contributed by atoms with van der Waals surface area (Å²) in [6.45, 7) is 1.74. The van der Waals surface area contributed by atoms with Crippen LogP contribution < -0.4 is 5.43 Å². The van der Waals surface area contributed by atoms with E-state index in [4.69, 9.17) is 0 Å². The first kappa shape index (κ1) is 13.7. The second-order valence-corrected chi connectivity index (χ2v) is 5.19. The highest BCUT2D eigenvalue weighted by Crippen LogP contribution is 2.39. The number of pyridine rings is 1. The summed E-state index contributed by atoms with van der Waals surface area (Å²) in [6, 6.07) is 1.82. The Balaban J connectivity index is 2.54. The Morgan fingerprint density at radius 1 is 1.33 bits per heavy atom. The van der Waals surface area contributed by atoms with E-state index >= 15 is 0 Å². The molecule has 0 radical (unpaired) electrons. The molecule has 110 valence electrons. The fourth-order valence-corrected chi connectivity index (χ4v) is 2.77. The summed E-state index contributed by atoms with van der Waals surface area (Å²) >= 11 is 0. The Morgan fingerprint density at radius 3 is 2.48 bits per heavy atom. The number of carbonyl (C=O) groups is 1. The molecule has 0 bridgehead atoms. The topological polar surface area (TPSA) is 59.3 Å². The summed E-state index contributed by atoms with van der Waals surface area (Å²) in [6.07, 6.45) is 2.01. The normalized spacial score (nSPS) is 14.6. The molecule has 1 aliphatic rings. The third-order valence-electron chi connectivity index (χ3n) is 3.81. The smallest absolute Gasteiger partial charge is 0.341 e. The Morgan fingerprint density at radius 2 is 1.95 bits per heavy atom. The summed E-state index contributed by atoms with van der Waals surface area (Å²) in [5, 5.41) is 9.22. The van der Waals surface area contributed by atoms with E-state index in [0.717, 1.165) is 25.0 Å². The molecule has 1 aromatic carbocycles. The molecule has 1 saturated carbocycles. The zero-order valence-corrected chi connectivity index (χ0v) is 11.3. The van der Waals surface area contributed by atoms with Gasteiger partial charge in [0, 0.05) is 23.2 Å². The molecule has 0 spiro atoms. The van der Waals surface area contributed by atoms with Gasteiger partial charge in [-0.25, -0.2) is 13.6 Å². The van der Waals surface area contributed by atoms with E-state index in [0.29, 0.717) is 12.1 Å². The molecule has 0 atom stereocenters. The van der Waals surface area contributed by atoms with Crippen molar-refractivity contribution in [2.45, 2.75) is 32.2 Å². The molecule has 3 rings (SSSR count). The lowest BCUT2D eigenvalue weighted by molar-refractivity contribution is 0.0693. The first-order chi connectivity index (χ1) is 9.95. The fourth-order valence-electron chi connectivity index (χ4n) is 2.77. The van der Waals surface area contributed by atoms with Gasteiger partial charge in [-0.1, -0.05) is 6.92 Å². The Kier molecular flexibility index (Phi) is 3.04. The van der Waals surface area contributed by atoms with Gasteiger partial charge in [-0.3, -0.25) is 4.79 Å². The summed E-state index contributed by atoms with van der Waals surface area (Å²) < 4.78 is 28.6. The minimum atomic E-state index is -1.34. The Hall–Kier alpha value is -2.24. The van der Waals surface area contributed by atoms with Gasteiger partial charge in [0.25, 0.3) is 0 Å². The molecule has 0 unspecified atom stereocenters. The molecular formula is C15H13F2NO3. The number of carboxylic acids is 1. The van der Waals surface area contributed by atoms with Crippen molar-refractivity contribution in [2.75, 3.05) is 0 Å². The fraction of sp³-hybridized carbons (Fsp3) is 0.333. The van der Waals surface area contributed by atoms with Crippen molar-refractivity contribution in [3.63, 3.8) is 0 Å². The second-order valence-electron chi connectivity index (χ2n) is 5.19. The van der Waals surface area contributed by atoms with Crippen LogP contribution in [0.1, 0.15) is 41.9 Å². The molecule has 1 aromatic heterocycles. The van der Waals surface area contributed by atoms with Crippen molar-refractivity contribution in [1.29, 1.82) is 0 Å². The SMILES string of the molecule is CCc1c(C(=O)O)c(=O)c2cc(F)c(F)cc2n1C1CC1. The first-order valence-corrected chi connectivity index (χ1v) is 6.75. The summed E-state index contributed by atoms with van der Waals surface area (Å²) in [7, 11) is 0. The standard InChI is InChI=1S/C15H13F2NO3/c1-2-11-13(15(20)21)14(19)8-5-9(16)10(17)6-12(8)18(11)7-3-4-7/h5-7H,2-4H2,1H3,(H,20,21). The van der Waals surface area contributed by atoms with Crippen LogP contribution in [0.4, 0.5) is 8.78 Å². The number of benzene rings is 1. The van der Waals surface area contributed by atoms with Crippen LogP contribution in [-0.4, -0.2) is 15.6 Å². The lowest BCUT2D eigenvalue weighted by Gasteiger charge is -2.18. The highest BCUT2D eigenvalue weighted by atomic mass is 19.2. The number of fused-ring (bicyclic) bond motifs is 1. The third kappa shape index (κ3) is 2.02. The van der Waals surface area contributed by atoms with Gasteiger partial charge in [0.1, 0.15) is 5.56 Å². The highest BCUT2D eigenvalue weighted by molar-refractivity contribution is 5.94. The molecular weight excluding hydrogens is 280 g/mol. The molecule has 1 fully saturated rings. The molecule has 1 heterocycles. The highest BCUT2D eigenvalue weighted by Gasteiger charge is 2.31.